The average Bonchev–Trinajstić information content (AvgIpc) is 3.09. The van der Waals surface area contributed by atoms with E-state index in [1.54, 1.807) is 0 Å². The Kier molecular flexibility index (Phi) is 6.80. The van der Waals surface area contributed by atoms with Crippen LogP contribution in [0.25, 0.3) is 0 Å². The minimum Gasteiger partial charge on any atom is -0.393 e. The Morgan fingerprint density at radius 2 is 1.87 bits per heavy atom. The molecule has 0 aromatic rings. The summed E-state index contributed by atoms with van der Waals surface area (Å²) < 4.78 is 6.32. The van der Waals surface area contributed by atoms with E-state index >= 15 is 0 Å². The maximum atomic E-state index is 12.8. The van der Waals surface area contributed by atoms with Gasteiger partial charge in [-0.1, -0.05) is 42.9 Å². The predicted molar refractivity (Wildman–Crippen MR) is 117 cm³/mol. The highest BCUT2D eigenvalue weighted by atomic mass is 16.5. The highest BCUT2D eigenvalue weighted by Crippen LogP contribution is 2.55. The first-order valence-electron chi connectivity index (χ1n) is 11.7. The number of aliphatic hydroxyl groups is 2. The number of carbonyl (C=O) groups is 2. The summed E-state index contributed by atoms with van der Waals surface area (Å²) in [6.45, 7) is 4.64. The zero-order valence-electron chi connectivity index (χ0n) is 18.4. The van der Waals surface area contributed by atoms with Crippen LogP contribution in [0.15, 0.2) is 36.0 Å². The van der Waals surface area contributed by atoms with Gasteiger partial charge < -0.3 is 20.3 Å². The Labute approximate surface area is 184 Å². The van der Waals surface area contributed by atoms with Crippen LogP contribution in [0.2, 0.25) is 0 Å². The Balaban J connectivity index is 1.66. The molecule has 0 aromatic heterocycles. The van der Waals surface area contributed by atoms with Gasteiger partial charge in [-0.15, -0.1) is 0 Å². The van der Waals surface area contributed by atoms with E-state index in [2.05, 4.69) is 18.3 Å². The second kappa shape index (κ2) is 9.39. The molecule has 6 heteroatoms. The van der Waals surface area contributed by atoms with Gasteiger partial charge in [0.2, 0.25) is 5.91 Å². The lowest BCUT2D eigenvalue weighted by molar-refractivity contribution is -0.132. The van der Waals surface area contributed by atoms with E-state index < -0.39 is 12.2 Å². The van der Waals surface area contributed by atoms with Crippen LogP contribution < -0.4 is 5.32 Å². The van der Waals surface area contributed by atoms with Gasteiger partial charge in [-0.25, -0.2) is 0 Å². The average molecular weight is 430 g/mol. The number of amides is 1. The van der Waals surface area contributed by atoms with Crippen LogP contribution in [0.4, 0.5) is 0 Å². The minimum atomic E-state index is -0.717. The van der Waals surface area contributed by atoms with Gasteiger partial charge in [-0.2, -0.15) is 0 Å². The molecule has 3 unspecified atom stereocenters. The lowest BCUT2D eigenvalue weighted by atomic mass is 9.57. The van der Waals surface area contributed by atoms with Crippen molar-refractivity contribution in [2.45, 2.75) is 70.4 Å². The van der Waals surface area contributed by atoms with Crippen molar-refractivity contribution in [1.82, 2.24) is 5.32 Å². The first-order chi connectivity index (χ1) is 14.8. The van der Waals surface area contributed by atoms with E-state index in [0.29, 0.717) is 13.0 Å². The fourth-order valence-electron chi connectivity index (χ4n) is 6.26. The molecule has 2 saturated carbocycles. The van der Waals surface area contributed by atoms with Gasteiger partial charge in [0.05, 0.1) is 30.8 Å². The predicted octanol–water partition coefficient (Wildman–Crippen LogP) is 2.31. The van der Waals surface area contributed by atoms with Crippen LogP contribution in [0.5, 0.6) is 0 Å². The molecular weight excluding hydrogens is 394 g/mol. The third-order valence-corrected chi connectivity index (χ3v) is 7.73. The molecule has 0 spiro atoms. The highest BCUT2D eigenvalue weighted by molar-refractivity contribution is 5.98. The molecule has 1 amide bonds. The summed E-state index contributed by atoms with van der Waals surface area (Å²) in [4.78, 5) is 25.0. The fraction of sp³-hybridized carbons (Fsp3) is 0.680. The van der Waals surface area contributed by atoms with Gasteiger partial charge in [0.15, 0.2) is 0 Å². The molecule has 4 rings (SSSR count). The molecule has 170 valence electrons. The zero-order chi connectivity index (χ0) is 22.1. The van der Waals surface area contributed by atoms with Crippen molar-refractivity contribution in [2.75, 3.05) is 6.54 Å². The van der Waals surface area contributed by atoms with Crippen molar-refractivity contribution < 1.29 is 24.5 Å². The third-order valence-electron chi connectivity index (χ3n) is 7.73. The van der Waals surface area contributed by atoms with Crippen molar-refractivity contribution in [2.24, 2.45) is 29.6 Å². The van der Waals surface area contributed by atoms with Crippen LogP contribution >= 0.6 is 0 Å². The Bertz CT molecular complexity index is 787. The number of hydrogen-bond donors (Lipinski definition) is 3. The molecule has 2 heterocycles. The summed E-state index contributed by atoms with van der Waals surface area (Å²) in [6, 6.07) is 0. The SMILES string of the molecule is C/C1=C/C=C/C=C/C(C)CNC(=O)CC(=O)C[C@@H]2O[C@@H]3C4C(CC[C@H]1[C@@H]42)[C@H](O)C[C@@H]3O. The maximum Gasteiger partial charge on any atom is 0.227 e. The van der Waals surface area contributed by atoms with Crippen molar-refractivity contribution in [3.05, 3.63) is 36.0 Å². The Hall–Kier alpha value is -1.76. The van der Waals surface area contributed by atoms with Crippen LogP contribution in [-0.2, 0) is 14.3 Å². The Morgan fingerprint density at radius 3 is 2.68 bits per heavy atom. The number of nitrogens with one attached hydrogen (secondary N) is 1. The van der Waals surface area contributed by atoms with Crippen molar-refractivity contribution in [3.8, 4) is 0 Å². The standard InChI is InChI=1S/C25H35NO5/c1-14-6-4-3-5-7-15(2)17-8-9-18-19(28)12-20(29)25-24(18)23(17)21(31-25)10-16(27)11-22(30)26-13-14/h3-7,14,17-21,23-25,28-29H,8-13H2,1-2H3,(H,26,30)/b5-3+,6-4+,15-7-/t14?,17-,18?,19-,20+,21+,23-,24?,25+/m1/s1. The van der Waals surface area contributed by atoms with Crippen LogP contribution in [0, 0.1) is 29.6 Å². The molecule has 4 aliphatic rings. The molecule has 2 aliphatic carbocycles. The zero-order valence-corrected chi connectivity index (χ0v) is 18.4. The van der Waals surface area contributed by atoms with Crippen molar-refractivity contribution in [1.29, 1.82) is 0 Å². The third kappa shape index (κ3) is 4.71. The number of ether oxygens (including phenoxy) is 1. The molecule has 3 N–H and O–H groups in total. The molecule has 2 aliphatic heterocycles. The molecule has 9 atom stereocenters. The van der Waals surface area contributed by atoms with Gasteiger partial charge >= 0.3 is 0 Å². The number of allylic oxidation sites excluding steroid dienone is 5. The molecule has 0 radical (unpaired) electrons. The molecule has 3 fully saturated rings. The van der Waals surface area contributed by atoms with E-state index in [0.717, 1.165) is 12.8 Å². The summed E-state index contributed by atoms with van der Waals surface area (Å²) in [5, 5.41) is 24.1. The molecular formula is C25H35NO5. The highest BCUT2D eigenvalue weighted by Gasteiger charge is 2.59. The number of rotatable bonds is 0. The normalized spacial score (nSPS) is 47.6. The van der Waals surface area contributed by atoms with Crippen LogP contribution in [-0.4, -0.2) is 52.9 Å². The Morgan fingerprint density at radius 1 is 1.06 bits per heavy atom. The van der Waals surface area contributed by atoms with Crippen LogP contribution in [0.1, 0.15) is 46.0 Å². The molecule has 1 saturated heterocycles. The monoisotopic (exact) mass is 429 g/mol. The van der Waals surface area contributed by atoms with E-state index in [9.17, 15) is 19.8 Å². The lowest BCUT2D eigenvalue weighted by Crippen LogP contribution is -2.52. The van der Waals surface area contributed by atoms with Gasteiger partial charge in [0.25, 0.3) is 0 Å². The molecule has 0 aromatic carbocycles. The van der Waals surface area contributed by atoms with E-state index in [4.69, 9.17) is 4.74 Å². The smallest absolute Gasteiger partial charge is 0.227 e. The fourth-order valence-corrected chi connectivity index (χ4v) is 6.26. The number of carbonyl (C=O) groups excluding carboxylic acids is 2. The first-order valence-corrected chi connectivity index (χ1v) is 11.7. The molecule has 0 bridgehead atoms. The second-order valence-corrected chi connectivity index (χ2v) is 9.89. The molecule has 31 heavy (non-hydrogen) atoms. The summed E-state index contributed by atoms with van der Waals surface area (Å²) in [7, 11) is 0. The minimum absolute atomic E-state index is 0.0380. The van der Waals surface area contributed by atoms with Gasteiger partial charge in [0.1, 0.15) is 5.78 Å². The summed E-state index contributed by atoms with van der Waals surface area (Å²) in [5.74, 6) is 0.217. The van der Waals surface area contributed by atoms with E-state index in [1.807, 2.05) is 31.2 Å². The van der Waals surface area contributed by atoms with E-state index in [-0.39, 0.29) is 66.3 Å². The number of Topliss-reactive ketones (excluding diaryl/α,β-unsaturated/α-hetero) is 1. The lowest BCUT2D eigenvalue weighted by Gasteiger charge is -2.47. The van der Waals surface area contributed by atoms with Crippen LogP contribution in [0.3, 0.4) is 0 Å². The largest absolute Gasteiger partial charge is 0.393 e. The number of ketones is 1. The number of aliphatic hydroxyl groups excluding tert-OH is 2. The van der Waals surface area contributed by atoms with Crippen molar-refractivity contribution in [3.63, 3.8) is 0 Å². The summed E-state index contributed by atoms with van der Waals surface area (Å²) >= 11 is 0. The maximum absolute atomic E-state index is 12.8. The number of hydrogen-bond acceptors (Lipinski definition) is 5. The quantitative estimate of drug-likeness (QED) is 0.514. The summed E-state index contributed by atoms with van der Waals surface area (Å²) in [5.41, 5.74) is 1.24. The van der Waals surface area contributed by atoms with E-state index in [1.165, 1.54) is 5.57 Å². The second-order valence-electron chi connectivity index (χ2n) is 9.89. The van der Waals surface area contributed by atoms with Gasteiger partial charge in [-0.05, 0) is 49.4 Å². The summed E-state index contributed by atoms with van der Waals surface area (Å²) in [6.07, 6.45) is 10.5. The topological polar surface area (TPSA) is 95.9 Å². The van der Waals surface area contributed by atoms with Gasteiger partial charge in [0, 0.05) is 19.4 Å². The first kappa shape index (κ1) is 22.4. The van der Waals surface area contributed by atoms with Crippen molar-refractivity contribution >= 4 is 11.7 Å². The van der Waals surface area contributed by atoms with Gasteiger partial charge in [-0.3, -0.25) is 9.59 Å². The molecule has 6 nitrogen and oxygen atoms in total.